The molecule has 1 aromatic rings. The summed E-state index contributed by atoms with van der Waals surface area (Å²) >= 11 is 0. The summed E-state index contributed by atoms with van der Waals surface area (Å²) in [6, 6.07) is 3.08. The highest BCUT2D eigenvalue weighted by Gasteiger charge is 2.31. The van der Waals surface area contributed by atoms with E-state index in [4.69, 9.17) is 5.73 Å². The molecule has 4 N–H and O–H groups in total. The summed E-state index contributed by atoms with van der Waals surface area (Å²) in [5.74, 6) is -1.03. The number of benzene rings is 1. The molecule has 0 saturated heterocycles. The van der Waals surface area contributed by atoms with E-state index in [-0.39, 0.29) is 36.7 Å². The number of carbonyl (C=O) groups excluding carboxylic acids is 2. The second-order valence-corrected chi connectivity index (χ2v) is 4.08. The van der Waals surface area contributed by atoms with Crippen LogP contribution in [0.15, 0.2) is 18.2 Å². The highest BCUT2D eigenvalue weighted by molar-refractivity contribution is 5.94. The number of rotatable bonds is 4. The Bertz CT molecular complexity index is 521. The molecule has 0 aromatic heterocycles. The average Bonchev–Trinajstić information content (AvgIpc) is 2.34. The van der Waals surface area contributed by atoms with Crippen LogP contribution < -0.4 is 16.4 Å². The molecule has 0 heterocycles. The Morgan fingerprint density at radius 3 is 2.33 bits per heavy atom. The predicted octanol–water partition coefficient (Wildman–Crippen LogP) is 1.66. The molecule has 9 heteroatoms. The molecule has 0 aliphatic carbocycles. The van der Waals surface area contributed by atoms with Crippen LogP contribution in [0.25, 0.3) is 0 Å². The van der Waals surface area contributed by atoms with Crippen molar-refractivity contribution in [2.75, 3.05) is 11.9 Å². The Hall–Kier alpha value is -1.80. The molecular formula is C12H15ClF3N3O2. The summed E-state index contributed by atoms with van der Waals surface area (Å²) < 4.78 is 38.0. The molecule has 1 aromatic carbocycles. The minimum atomic E-state index is -4.53. The Balaban J connectivity index is 0.00000400. The fourth-order valence-electron chi connectivity index (χ4n) is 1.46. The second-order valence-electron chi connectivity index (χ2n) is 4.08. The summed E-state index contributed by atoms with van der Waals surface area (Å²) in [5, 5.41) is 4.52. The lowest BCUT2D eigenvalue weighted by molar-refractivity contribution is -0.137. The van der Waals surface area contributed by atoms with Crippen molar-refractivity contribution < 1.29 is 22.8 Å². The molecule has 21 heavy (non-hydrogen) atoms. The third-order valence-electron chi connectivity index (χ3n) is 2.34. The lowest BCUT2D eigenvalue weighted by Gasteiger charge is -2.12. The van der Waals surface area contributed by atoms with E-state index in [0.717, 1.165) is 12.1 Å². The zero-order valence-corrected chi connectivity index (χ0v) is 11.9. The van der Waals surface area contributed by atoms with Crippen LogP contribution in [0.4, 0.5) is 18.9 Å². The third kappa shape index (κ3) is 6.46. The number of alkyl halides is 3. The monoisotopic (exact) mass is 325 g/mol. The molecule has 5 nitrogen and oxygen atoms in total. The van der Waals surface area contributed by atoms with Gasteiger partial charge in [0, 0.05) is 19.2 Å². The van der Waals surface area contributed by atoms with E-state index >= 15 is 0 Å². The van der Waals surface area contributed by atoms with Crippen LogP contribution >= 0.6 is 12.4 Å². The quantitative estimate of drug-likeness (QED) is 0.787. The van der Waals surface area contributed by atoms with Crippen LogP contribution in [0.5, 0.6) is 0 Å². The van der Waals surface area contributed by atoms with E-state index in [2.05, 4.69) is 10.6 Å². The van der Waals surface area contributed by atoms with Crippen molar-refractivity contribution >= 4 is 29.9 Å². The van der Waals surface area contributed by atoms with E-state index in [1.54, 1.807) is 0 Å². The van der Waals surface area contributed by atoms with E-state index in [1.165, 1.54) is 13.0 Å². The normalized spacial score (nSPS) is 10.5. The molecule has 0 atom stereocenters. The number of nitrogens with one attached hydrogen (secondary N) is 2. The van der Waals surface area contributed by atoms with Crippen LogP contribution in [-0.4, -0.2) is 18.4 Å². The van der Waals surface area contributed by atoms with Crippen molar-refractivity contribution in [3.8, 4) is 0 Å². The Morgan fingerprint density at radius 1 is 1.24 bits per heavy atom. The standard InChI is InChI=1S/C12H14F3N3O2.ClH/c1-7(19)17-6-11(20)18-10-3-8(5-16)2-9(4-10)12(13,14)15;/h2-4H,5-6,16H2,1H3,(H,17,19)(H,18,20);1H. The highest BCUT2D eigenvalue weighted by Crippen LogP contribution is 2.31. The van der Waals surface area contributed by atoms with Gasteiger partial charge in [-0.05, 0) is 23.8 Å². The molecule has 0 saturated carbocycles. The smallest absolute Gasteiger partial charge is 0.347 e. The van der Waals surface area contributed by atoms with E-state index in [1.807, 2.05) is 0 Å². The lowest BCUT2D eigenvalue weighted by Crippen LogP contribution is -2.31. The SMILES string of the molecule is CC(=O)NCC(=O)Nc1cc(CN)cc(C(F)(F)F)c1.Cl. The number of anilines is 1. The molecule has 0 aliphatic heterocycles. The number of nitrogens with two attached hydrogens (primary N) is 1. The maximum absolute atomic E-state index is 12.7. The molecular weight excluding hydrogens is 311 g/mol. The van der Waals surface area contributed by atoms with Crippen LogP contribution in [0, 0.1) is 0 Å². The number of hydrogen-bond donors (Lipinski definition) is 3. The Morgan fingerprint density at radius 2 is 1.86 bits per heavy atom. The van der Waals surface area contributed by atoms with Gasteiger partial charge in [0.1, 0.15) is 0 Å². The van der Waals surface area contributed by atoms with Gasteiger partial charge in [0.15, 0.2) is 0 Å². The van der Waals surface area contributed by atoms with Gasteiger partial charge in [0.25, 0.3) is 0 Å². The summed E-state index contributed by atoms with van der Waals surface area (Å²) in [6.07, 6.45) is -4.53. The fraction of sp³-hybridized carbons (Fsp3) is 0.333. The first-order chi connectivity index (χ1) is 9.22. The van der Waals surface area contributed by atoms with Gasteiger partial charge in [-0.3, -0.25) is 9.59 Å². The van der Waals surface area contributed by atoms with Crippen LogP contribution in [-0.2, 0) is 22.3 Å². The van der Waals surface area contributed by atoms with Gasteiger partial charge in [0.05, 0.1) is 12.1 Å². The first kappa shape index (κ1) is 19.2. The van der Waals surface area contributed by atoms with Crippen LogP contribution in [0.1, 0.15) is 18.1 Å². The minimum absolute atomic E-state index is 0. The van der Waals surface area contributed by atoms with Crippen LogP contribution in [0.2, 0.25) is 0 Å². The van der Waals surface area contributed by atoms with Gasteiger partial charge in [-0.15, -0.1) is 12.4 Å². The van der Waals surface area contributed by atoms with Crippen molar-refractivity contribution in [3.63, 3.8) is 0 Å². The number of amides is 2. The number of carbonyl (C=O) groups is 2. The largest absolute Gasteiger partial charge is 0.416 e. The van der Waals surface area contributed by atoms with Gasteiger partial charge in [-0.2, -0.15) is 13.2 Å². The average molecular weight is 326 g/mol. The van der Waals surface area contributed by atoms with Gasteiger partial charge in [0.2, 0.25) is 11.8 Å². The van der Waals surface area contributed by atoms with Crippen molar-refractivity contribution in [3.05, 3.63) is 29.3 Å². The van der Waals surface area contributed by atoms with Gasteiger partial charge < -0.3 is 16.4 Å². The van der Waals surface area contributed by atoms with E-state index < -0.39 is 23.6 Å². The second kappa shape index (κ2) is 7.84. The van der Waals surface area contributed by atoms with Crippen LogP contribution in [0.3, 0.4) is 0 Å². The maximum atomic E-state index is 12.7. The Kier molecular flexibility index (Phi) is 7.17. The number of halogens is 4. The maximum Gasteiger partial charge on any atom is 0.416 e. The van der Waals surface area contributed by atoms with Crippen molar-refractivity contribution in [2.45, 2.75) is 19.6 Å². The van der Waals surface area contributed by atoms with Gasteiger partial charge >= 0.3 is 6.18 Å². The molecule has 0 bridgehead atoms. The molecule has 1 rings (SSSR count). The minimum Gasteiger partial charge on any atom is -0.347 e. The first-order valence-electron chi connectivity index (χ1n) is 5.68. The molecule has 0 radical (unpaired) electrons. The van der Waals surface area contributed by atoms with E-state index in [9.17, 15) is 22.8 Å². The fourth-order valence-corrected chi connectivity index (χ4v) is 1.46. The predicted molar refractivity (Wildman–Crippen MR) is 73.9 cm³/mol. The van der Waals surface area contributed by atoms with Gasteiger partial charge in [-0.1, -0.05) is 0 Å². The lowest BCUT2D eigenvalue weighted by atomic mass is 10.1. The molecule has 0 spiro atoms. The zero-order chi connectivity index (χ0) is 15.3. The molecule has 0 fully saturated rings. The van der Waals surface area contributed by atoms with Crippen molar-refractivity contribution in [1.29, 1.82) is 0 Å². The number of hydrogen-bond acceptors (Lipinski definition) is 3. The first-order valence-corrected chi connectivity index (χ1v) is 5.68. The molecule has 0 aliphatic rings. The van der Waals surface area contributed by atoms with Crippen molar-refractivity contribution in [2.24, 2.45) is 5.73 Å². The topological polar surface area (TPSA) is 84.2 Å². The molecule has 2 amide bonds. The summed E-state index contributed by atoms with van der Waals surface area (Å²) in [6.45, 7) is 0.826. The van der Waals surface area contributed by atoms with Crippen molar-refractivity contribution in [1.82, 2.24) is 5.32 Å². The summed E-state index contributed by atoms with van der Waals surface area (Å²) in [5.41, 5.74) is 4.66. The molecule has 118 valence electrons. The highest BCUT2D eigenvalue weighted by atomic mass is 35.5. The molecule has 0 unspecified atom stereocenters. The van der Waals surface area contributed by atoms with E-state index in [0.29, 0.717) is 0 Å². The van der Waals surface area contributed by atoms with Gasteiger partial charge in [-0.25, -0.2) is 0 Å². The Labute approximate surface area is 125 Å². The summed E-state index contributed by atoms with van der Waals surface area (Å²) in [7, 11) is 0. The zero-order valence-electron chi connectivity index (χ0n) is 11.1. The third-order valence-corrected chi connectivity index (χ3v) is 2.34. The summed E-state index contributed by atoms with van der Waals surface area (Å²) in [4.78, 5) is 22.1.